The molecule has 0 N–H and O–H groups in total. The van der Waals surface area contributed by atoms with Crippen molar-refractivity contribution in [2.75, 3.05) is 0 Å². The SMILES string of the molecule is CC1(C)OB(c2ccc(Oc3ccc(C#N)cc3)cc2CCl)OC1(C)C. The smallest absolute Gasteiger partial charge is 0.457 e. The van der Waals surface area contributed by atoms with Crippen molar-refractivity contribution in [3.05, 3.63) is 53.6 Å². The van der Waals surface area contributed by atoms with E-state index in [1.807, 2.05) is 45.9 Å². The molecule has 1 aliphatic heterocycles. The van der Waals surface area contributed by atoms with Gasteiger partial charge in [-0.2, -0.15) is 5.26 Å². The fraction of sp³-hybridized carbons (Fsp3) is 0.350. The zero-order chi connectivity index (χ0) is 18.9. The van der Waals surface area contributed by atoms with Crippen molar-refractivity contribution < 1.29 is 14.0 Å². The summed E-state index contributed by atoms with van der Waals surface area (Å²) in [5.41, 5.74) is 1.59. The van der Waals surface area contributed by atoms with E-state index in [0.29, 0.717) is 22.9 Å². The number of ether oxygens (including phenoxy) is 1. The van der Waals surface area contributed by atoms with Crippen LogP contribution in [0.4, 0.5) is 0 Å². The van der Waals surface area contributed by atoms with E-state index < -0.39 is 18.3 Å². The largest absolute Gasteiger partial charge is 0.495 e. The lowest BCUT2D eigenvalue weighted by Crippen LogP contribution is -2.41. The highest BCUT2D eigenvalue weighted by Gasteiger charge is 2.52. The summed E-state index contributed by atoms with van der Waals surface area (Å²) < 4.78 is 18.1. The Balaban J connectivity index is 1.83. The summed E-state index contributed by atoms with van der Waals surface area (Å²) >= 11 is 6.16. The average Bonchev–Trinajstić information content (AvgIpc) is 2.83. The molecule has 3 rings (SSSR count). The van der Waals surface area contributed by atoms with Crippen molar-refractivity contribution in [2.45, 2.75) is 44.8 Å². The maximum absolute atomic E-state index is 8.87. The van der Waals surface area contributed by atoms with Gasteiger partial charge < -0.3 is 14.0 Å². The summed E-state index contributed by atoms with van der Waals surface area (Å²) in [6.45, 7) is 8.09. The average molecular weight is 370 g/mol. The molecule has 26 heavy (non-hydrogen) atoms. The van der Waals surface area contributed by atoms with Gasteiger partial charge in [0, 0.05) is 5.88 Å². The van der Waals surface area contributed by atoms with E-state index in [2.05, 4.69) is 6.07 Å². The third kappa shape index (κ3) is 3.59. The molecule has 0 amide bonds. The molecule has 2 aromatic rings. The molecular weight excluding hydrogens is 348 g/mol. The van der Waals surface area contributed by atoms with E-state index >= 15 is 0 Å². The second-order valence-electron chi connectivity index (χ2n) is 7.32. The molecule has 1 saturated heterocycles. The van der Waals surface area contributed by atoms with Gasteiger partial charge in [-0.3, -0.25) is 0 Å². The van der Waals surface area contributed by atoms with Crippen LogP contribution >= 0.6 is 11.6 Å². The third-order valence-corrected chi connectivity index (χ3v) is 5.27. The monoisotopic (exact) mass is 369 g/mol. The van der Waals surface area contributed by atoms with Crippen molar-refractivity contribution >= 4 is 24.2 Å². The van der Waals surface area contributed by atoms with Gasteiger partial charge in [0.2, 0.25) is 0 Å². The van der Waals surface area contributed by atoms with Crippen LogP contribution in [-0.4, -0.2) is 18.3 Å². The van der Waals surface area contributed by atoms with E-state index in [1.165, 1.54) is 0 Å². The first-order chi connectivity index (χ1) is 12.3. The Morgan fingerprint density at radius 2 is 1.58 bits per heavy atom. The van der Waals surface area contributed by atoms with E-state index in [4.69, 9.17) is 30.9 Å². The van der Waals surface area contributed by atoms with Crippen LogP contribution in [0.25, 0.3) is 0 Å². The van der Waals surface area contributed by atoms with Gasteiger partial charge in [-0.05, 0) is 75.1 Å². The Morgan fingerprint density at radius 1 is 1.00 bits per heavy atom. The zero-order valence-corrected chi connectivity index (χ0v) is 16.1. The predicted molar refractivity (Wildman–Crippen MR) is 103 cm³/mol. The molecule has 0 aliphatic carbocycles. The predicted octanol–water partition coefficient (Wildman–Crippen LogP) is 4.39. The maximum atomic E-state index is 8.87. The van der Waals surface area contributed by atoms with Crippen LogP contribution < -0.4 is 10.2 Å². The minimum Gasteiger partial charge on any atom is -0.457 e. The quantitative estimate of drug-likeness (QED) is 0.592. The van der Waals surface area contributed by atoms with Crippen LogP contribution in [0.1, 0.15) is 38.8 Å². The topological polar surface area (TPSA) is 51.5 Å². The number of alkyl halides is 1. The van der Waals surface area contributed by atoms with Crippen LogP contribution in [-0.2, 0) is 15.2 Å². The Labute approximate surface area is 159 Å². The van der Waals surface area contributed by atoms with Gasteiger partial charge in [0.1, 0.15) is 11.5 Å². The van der Waals surface area contributed by atoms with Gasteiger partial charge in [-0.25, -0.2) is 0 Å². The van der Waals surface area contributed by atoms with Crippen LogP contribution in [0.15, 0.2) is 42.5 Å². The number of benzene rings is 2. The number of hydrogen-bond donors (Lipinski definition) is 0. The Hall–Kier alpha value is -2.00. The van der Waals surface area contributed by atoms with Crippen LogP contribution in [0.3, 0.4) is 0 Å². The number of halogens is 1. The first-order valence-corrected chi connectivity index (χ1v) is 9.01. The molecule has 4 nitrogen and oxygen atoms in total. The first kappa shape index (κ1) is 18.8. The molecule has 1 aliphatic rings. The standard InChI is InChI=1S/C20H21BClNO3/c1-19(2)20(3,4)26-21(25-19)18-10-9-17(11-15(18)12-22)24-16-7-5-14(13-23)6-8-16/h5-11H,12H2,1-4H3. The zero-order valence-electron chi connectivity index (χ0n) is 15.4. The summed E-state index contributed by atoms with van der Waals surface area (Å²) in [6, 6.07) is 14.7. The van der Waals surface area contributed by atoms with Gasteiger partial charge in [-0.1, -0.05) is 6.07 Å². The van der Waals surface area contributed by atoms with Gasteiger partial charge in [0.15, 0.2) is 0 Å². The molecule has 2 aromatic carbocycles. The van der Waals surface area contributed by atoms with Crippen molar-refractivity contribution in [3.63, 3.8) is 0 Å². The summed E-state index contributed by atoms with van der Waals surface area (Å²) in [4.78, 5) is 0. The Morgan fingerprint density at radius 3 is 2.12 bits per heavy atom. The molecule has 1 fully saturated rings. The fourth-order valence-electron chi connectivity index (χ4n) is 2.69. The maximum Gasteiger partial charge on any atom is 0.495 e. The Bertz CT molecular complexity index is 827. The van der Waals surface area contributed by atoms with Gasteiger partial charge in [0.25, 0.3) is 0 Å². The number of rotatable bonds is 4. The molecular formula is C20H21BClNO3. The lowest BCUT2D eigenvalue weighted by Gasteiger charge is -2.32. The summed E-state index contributed by atoms with van der Waals surface area (Å²) in [5, 5.41) is 8.87. The lowest BCUT2D eigenvalue weighted by molar-refractivity contribution is 0.00578. The van der Waals surface area contributed by atoms with E-state index in [0.717, 1.165) is 11.0 Å². The molecule has 0 saturated carbocycles. The van der Waals surface area contributed by atoms with Gasteiger partial charge in [-0.15, -0.1) is 11.6 Å². The van der Waals surface area contributed by atoms with Crippen molar-refractivity contribution in [2.24, 2.45) is 0 Å². The molecule has 0 bridgehead atoms. The van der Waals surface area contributed by atoms with Crippen molar-refractivity contribution in [1.82, 2.24) is 0 Å². The van der Waals surface area contributed by atoms with Crippen LogP contribution in [0.2, 0.25) is 0 Å². The first-order valence-electron chi connectivity index (χ1n) is 8.48. The fourth-order valence-corrected chi connectivity index (χ4v) is 2.93. The van der Waals surface area contributed by atoms with Crippen LogP contribution in [0, 0.1) is 11.3 Å². The van der Waals surface area contributed by atoms with E-state index in [1.54, 1.807) is 24.3 Å². The summed E-state index contributed by atoms with van der Waals surface area (Å²) in [5.74, 6) is 1.66. The van der Waals surface area contributed by atoms with E-state index in [9.17, 15) is 0 Å². The summed E-state index contributed by atoms with van der Waals surface area (Å²) in [6.07, 6.45) is 0. The molecule has 134 valence electrons. The Kier molecular flexibility index (Phi) is 5.03. The molecule has 6 heteroatoms. The normalized spacial score (nSPS) is 17.8. The number of nitrogens with zero attached hydrogens (tertiary/aromatic N) is 1. The minimum absolute atomic E-state index is 0.323. The molecule has 1 heterocycles. The summed E-state index contributed by atoms with van der Waals surface area (Å²) in [7, 11) is -0.460. The molecule has 0 spiro atoms. The highest BCUT2D eigenvalue weighted by atomic mass is 35.5. The highest BCUT2D eigenvalue weighted by molar-refractivity contribution is 6.62. The number of hydrogen-bond acceptors (Lipinski definition) is 4. The van der Waals surface area contributed by atoms with Gasteiger partial charge in [0.05, 0.1) is 22.8 Å². The highest BCUT2D eigenvalue weighted by Crippen LogP contribution is 2.37. The van der Waals surface area contributed by atoms with Gasteiger partial charge >= 0.3 is 7.12 Å². The van der Waals surface area contributed by atoms with Crippen molar-refractivity contribution in [3.8, 4) is 17.6 Å². The van der Waals surface area contributed by atoms with Crippen LogP contribution in [0.5, 0.6) is 11.5 Å². The minimum atomic E-state index is -0.460. The second-order valence-corrected chi connectivity index (χ2v) is 7.59. The van der Waals surface area contributed by atoms with E-state index in [-0.39, 0.29) is 0 Å². The molecule has 0 aromatic heterocycles. The second kappa shape index (κ2) is 6.96. The lowest BCUT2D eigenvalue weighted by atomic mass is 9.76. The molecule has 0 radical (unpaired) electrons. The molecule has 0 unspecified atom stereocenters. The molecule has 0 atom stereocenters. The number of nitriles is 1. The third-order valence-electron chi connectivity index (χ3n) is 4.98. The van der Waals surface area contributed by atoms with Crippen molar-refractivity contribution in [1.29, 1.82) is 5.26 Å².